The van der Waals surface area contributed by atoms with Crippen LogP contribution in [0.2, 0.25) is 0 Å². The zero-order valence-corrected chi connectivity index (χ0v) is 12.8. The van der Waals surface area contributed by atoms with Gasteiger partial charge in [-0.05, 0) is 30.9 Å². The molecule has 1 atom stereocenters. The number of carbonyl (C=O) groups excluding carboxylic acids is 1. The van der Waals surface area contributed by atoms with Crippen molar-refractivity contribution in [1.82, 2.24) is 14.9 Å². The summed E-state index contributed by atoms with van der Waals surface area (Å²) in [7, 11) is 0. The summed E-state index contributed by atoms with van der Waals surface area (Å²) >= 11 is 0. The Morgan fingerprint density at radius 1 is 1.17 bits per heavy atom. The van der Waals surface area contributed by atoms with Gasteiger partial charge in [0.2, 0.25) is 0 Å². The molecule has 0 aliphatic carbocycles. The molecule has 2 aromatic rings. The highest BCUT2D eigenvalue weighted by molar-refractivity contribution is 5.93. The molecule has 1 aliphatic rings. The molecular weight excluding hydrogens is 294 g/mol. The van der Waals surface area contributed by atoms with Crippen LogP contribution in [0.1, 0.15) is 51.0 Å². The third kappa shape index (κ3) is 2.92. The first-order chi connectivity index (χ1) is 11.1. The zero-order chi connectivity index (χ0) is 16.4. The fraction of sp³-hybridized carbons (Fsp3) is 0.294. The lowest BCUT2D eigenvalue weighted by Gasteiger charge is -2.26. The number of aromatic carboxylic acids is 1. The number of rotatable bonds is 3. The van der Waals surface area contributed by atoms with Crippen LogP contribution >= 0.6 is 0 Å². The topological polar surface area (TPSA) is 83.4 Å². The van der Waals surface area contributed by atoms with E-state index in [4.69, 9.17) is 5.11 Å². The standard InChI is InChI=1S/C17H17N3O3/c1-11-5-2-3-6-12(11)15-7-4-8-20(15)16(21)13-9-19-14(10-18-13)17(22)23/h2-3,5-6,9-10,15H,4,7-8H2,1H3,(H,22,23). The molecule has 1 unspecified atom stereocenters. The van der Waals surface area contributed by atoms with Gasteiger partial charge >= 0.3 is 5.97 Å². The van der Waals surface area contributed by atoms with E-state index >= 15 is 0 Å². The van der Waals surface area contributed by atoms with Crippen molar-refractivity contribution in [1.29, 1.82) is 0 Å². The lowest BCUT2D eigenvalue weighted by atomic mass is 9.99. The summed E-state index contributed by atoms with van der Waals surface area (Å²) in [5.74, 6) is -1.37. The molecule has 3 rings (SSSR count). The maximum Gasteiger partial charge on any atom is 0.356 e. The van der Waals surface area contributed by atoms with Crippen molar-refractivity contribution in [3.63, 3.8) is 0 Å². The van der Waals surface area contributed by atoms with Gasteiger partial charge in [-0.1, -0.05) is 24.3 Å². The number of benzene rings is 1. The van der Waals surface area contributed by atoms with E-state index in [1.54, 1.807) is 4.90 Å². The first-order valence-corrected chi connectivity index (χ1v) is 7.50. The van der Waals surface area contributed by atoms with Gasteiger partial charge in [0, 0.05) is 6.54 Å². The number of likely N-dealkylation sites (tertiary alicyclic amines) is 1. The quantitative estimate of drug-likeness (QED) is 0.941. The molecule has 0 radical (unpaired) electrons. The molecule has 6 nitrogen and oxygen atoms in total. The molecule has 6 heteroatoms. The number of carboxylic acids is 1. The summed E-state index contributed by atoms with van der Waals surface area (Å²) in [4.78, 5) is 33.0. The number of amides is 1. The molecule has 23 heavy (non-hydrogen) atoms. The Morgan fingerprint density at radius 3 is 2.52 bits per heavy atom. The predicted octanol–water partition coefficient (Wildman–Crippen LogP) is 2.46. The van der Waals surface area contributed by atoms with Gasteiger partial charge in [-0.25, -0.2) is 14.8 Å². The Bertz CT molecular complexity index is 743. The highest BCUT2D eigenvalue weighted by Crippen LogP contribution is 2.34. The maximum absolute atomic E-state index is 12.7. The van der Waals surface area contributed by atoms with Crippen LogP contribution < -0.4 is 0 Å². The van der Waals surface area contributed by atoms with Crippen LogP contribution in [-0.4, -0.2) is 38.4 Å². The van der Waals surface area contributed by atoms with Crippen LogP contribution in [0.3, 0.4) is 0 Å². The van der Waals surface area contributed by atoms with Crippen molar-refractivity contribution in [2.45, 2.75) is 25.8 Å². The number of hydrogen-bond donors (Lipinski definition) is 1. The number of carboxylic acid groups (broad SMARTS) is 1. The monoisotopic (exact) mass is 311 g/mol. The Kier molecular flexibility index (Phi) is 4.06. The minimum Gasteiger partial charge on any atom is -0.476 e. The minimum atomic E-state index is -1.16. The molecule has 1 aliphatic heterocycles. The number of carbonyl (C=O) groups is 2. The largest absolute Gasteiger partial charge is 0.476 e. The van der Waals surface area contributed by atoms with Gasteiger partial charge in [0.05, 0.1) is 18.4 Å². The van der Waals surface area contributed by atoms with Crippen molar-refractivity contribution in [2.24, 2.45) is 0 Å². The first-order valence-electron chi connectivity index (χ1n) is 7.50. The molecule has 1 N–H and O–H groups in total. The van der Waals surface area contributed by atoms with E-state index in [9.17, 15) is 9.59 Å². The van der Waals surface area contributed by atoms with Gasteiger partial charge in [-0.3, -0.25) is 4.79 Å². The van der Waals surface area contributed by atoms with Crippen molar-refractivity contribution in [3.05, 3.63) is 59.2 Å². The van der Waals surface area contributed by atoms with Crippen LogP contribution in [0.15, 0.2) is 36.7 Å². The van der Waals surface area contributed by atoms with E-state index < -0.39 is 5.97 Å². The molecule has 0 saturated carbocycles. The molecule has 118 valence electrons. The third-order valence-electron chi connectivity index (χ3n) is 4.15. The highest BCUT2D eigenvalue weighted by atomic mass is 16.4. The number of hydrogen-bond acceptors (Lipinski definition) is 4. The smallest absolute Gasteiger partial charge is 0.356 e. The number of nitrogens with zero attached hydrogens (tertiary/aromatic N) is 3. The molecule has 1 saturated heterocycles. The molecule has 0 spiro atoms. The second-order valence-corrected chi connectivity index (χ2v) is 5.61. The maximum atomic E-state index is 12.7. The van der Waals surface area contributed by atoms with E-state index in [1.807, 2.05) is 31.2 Å². The average molecular weight is 311 g/mol. The van der Waals surface area contributed by atoms with Gasteiger partial charge < -0.3 is 10.0 Å². The van der Waals surface area contributed by atoms with E-state index in [0.717, 1.165) is 30.2 Å². The molecular formula is C17H17N3O3. The Morgan fingerprint density at radius 2 is 1.87 bits per heavy atom. The fourth-order valence-electron chi connectivity index (χ4n) is 2.99. The summed E-state index contributed by atoms with van der Waals surface area (Å²) < 4.78 is 0. The Labute approximate surface area is 133 Å². The van der Waals surface area contributed by atoms with E-state index in [2.05, 4.69) is 9.97 Å². The van der Waals surface area contributed by atoms with Crippen LogP contribution in [0.4, 0.5) is 0 Å². The summed E-state index contributed by atoms with van der Waals surface area (Å²) in [6.45, 7) is 2.71. The van der Waals surface area contributed by atoms with Gasteiger partial charge in [-0.2, -0.15) is 0 Å². The van der Waals surface area contributed by atoms with E-state index in [1.165, 1.54) is 6.20 Å². The van der Waals surface area contributed by atoms with Gasteiger partial charge in [0.25, 0.3) is 5.91 Å². The molecule has 1 aromatic heterocycles. The van der Waals surface area contributed by atoms with Crippen molar-refractivity contribution >= 4 is 11.9 Å². The minimum absolute atomic E-state index is 0.0321. The molecule has 1 aromatic carbocycles. The lowest BCUT2D eigenvalue weighted by molar-refractivity contribution is 0.0683. The predicted molar refractivity (Wildman–Crippen MR) is 83.2 cm³/mol. The van der Waals surface area contributed by atoms with Gasteiger partial charge in [0.15, 0.2) is 5.69 Å². The number of aryl methyl sites for hydroxylation is 1. The summed E-state index contributed by atoms with van der Waals surface area (Å²) in [6, 6.07) is 8.08. The Balaban J connectivity index is 1.86. The van der Waals surface area contributed by atoms with Crippen molar-refractivity contribution < 1.29 is 14.7 Å². The fourth-order valence-corrected chi connectivity index (χ4v) is 2.99. The molecule has 0 bridgehead atoms. The van der Waals surface area contributed by atoms with Crippen LogP contribution in [0.25, 0.3) is 0 Å². The van der Waals surface area contributed by atoms with Gasteiger partial charge in [-0.15, -0.1) is 0 Å². The summed E-state index contributed by atoms with van der Waals surface area (Å²) in [5.41, 5.74) is 2.31. The lowest BCUT2D eigenvalue weighted by Crippen LogP contribution is -2.31. The van der Waals surface area contributed by atoms with Crippen molar-refractivity contribution in [3.8, 4) is 0 Å². The normalized spacial score (nSPS) is 17.3. The van der Waals surface area contributed by atoms with Crippen molar-refractivity contribution in [2.75, 3.05) is 6.54 Å². The number of aromatic nitrogens is 2. The first kappa shape index (κ1) is 15.1. The van der Waals surface area contributed by atoms with Crippen LogP contribution in [-0.2, 0) is 0 Å². The second-order valence-electron chi connectivity index (χ2n) is 5.61. The molecule has 1 amide bonds. The van der Waals surface area contributed by atoms with Crippen LogP contribution in [0.5, 0.6) is 0 Å². The SMILES string of the molecule is Cc1ccccc1C1CCCN1C(=O)c1cnc(C(=O)O)cn1. The highest BCUT2D eigenvalue weighted by Gasteiger charge is 2.32. The average Bonchev–Trinajstić information content (AvgIpc) is 3.04. The second kappa shape index (κ2) is 6.16. The zero-order valence-electron chi connectivity index (χ0n) is 12.8. The van der Waals surface area contributed by atoms with Crippen LogP contribution in [0, 0.1) is 6.92 Å². The Hall–Kier alpha value is -2.76. The third-order valence-corrected chi connectivity index (χ3v) is 4.15. The summed E-state index contributed by atoms with van der Waals surface area (Å²) in [5, 5.41) is 8.85. The molecule has 1 fully saturated rings. The molecule has 2 heterocycles. The van der Waals surface area contributed by atoms with E-state index in [-0.39, 0.29) is 23.3 Å². The van der Waals surface area contributed by atoms with E-state index in [0.29, 0.717) is 6.54 Å². The van der Waals surface area contributed by atoms with Gasteiger partial charge in [0.1, 0.15) is 5.69 Å². The summed E-state index contributed by atoms with van der Waals surface area (Å²) in [6.07, 6.45) is 4.20.